The van der Waals surface area contributed by atoms with E-state index in [2.05, 4.69) is 11.2 Å². The van der Waals surface area contributed by atoms with Gasteiger partial charge < -0.3 is 9.64 Å². The molecule has 3 nitrogen and oxygen atoms in total. The molecule has 0 saturated carbocycles. The van der Waals surface area contributed by atoms with Gasteiger partial charge in [-0.15, -0.1) is 0 Å². The molecule has 5 heteroatoms. The Hall–Kier alpha value is -0.870. The Balaban J connectivity index is 1.90. The van der Waals surface area contributed by atoms with Crippen molar-refractivity contribution in [2.45, 2.75) is 44.2 Å². The van der Waals surface area contributed by atoms with Gasteiger partial charge in [-0.1, -0.05) is 0 Å². The van der Waals surface area contributed by atoms with Crippen molar-refractivity contribution in [2.24, 2.45) is 0 Å². The summed E-state index contributed by atoms with van der Waals surface area (Å²) in [5, 5.41) is 0. The highest BCUT2D eigenvalue weighted by molar-refractivity contribution is 5.69. The number of amides is 1. The van der Waals surface area contributed by atoms with E-state index in [4.69, 9.17) is 0 Å². The number of hydrogen-bond acceptors (Lipinski definition) is 2. The third-order valence-electron chi connectivity index (χ3n) is 3.04. The van der Waals surface area contributed by atoms with Crippen LogP contribution in [0, 0.1) is 6.42 Å². The molecule has 85 valence electrons. The second-order valence-electron chi connectivity index (χ2n) is 4.02. The maximum atomic E-state index is 11.9. The molecule has 0 aromatic heterocycles. The van der Waals surface area contributed by atoms with Crippen molar-refractivity contribution in [1.82, 2.24) is 4.90 Å². The first kappa shape index (κ1) is 10.6. The van der Waals surface area contributed by atoms with Gasteiger partial charge in [0.25, 0.3) is 6.43 Å². The van der Waals surface area contributed by atoms with Crippen molar-refractivity contribution in [3.8, 4) is 0 Å². The van der Waals surface area contributed by atoms with E-state index in [1.165, 1.54) is 0 Å². The molecule has 2 bridgehead atoms. The van der Waals surface area contributed by atoms with Crippen LogP contribution in [0.25, 0.3) is 0 Å². The summed E-state index contributed by atoms with van der Waals surface area (Å²) in [5.74, 6) is 0. The van der Waals surface area contributed by atoms with Crippen LogP contribution in [-0.4, -0.2) is 36.1 Å². The molecule has 0 aliphatic carbocycles. The molecule has 2 saturated heterocycles. The zero-order valence-electron chi connectivity index (χ0n) is 8.36. The summed E-state index contributed by atoms with van der Waals surface area (Å²) in [5.41, 5.74) is 0. The molecule has 0 aromatic rings. The third kappa shape index (κ3) is 2.21. The first-order valence-electron chi connectivity index (χ1n) is 5.23. The smallest absolute Gasteiger partial charge is 0.410 e. The van der Waals surface area contributed by atoms with Gasteiger partial charge in [-0.3, -0.25) is 0 Å². The third-order valence-corrected chi connectivity index (χ3v) is 3.04. The van der Waals surface area contributed by atoms with Gasteiger partial charge in [0.2, 0.25) is 0 Å². The lowest BCUT2D eigenvalue weighted by atomic mass is 10.0. The van der Waals surface area contributed by atoms with Gasteiger partial charge in [-0.2, -0.15) is 0 Å². The maximum Gasteiger partial charge on any atom is 0.410 e. The number of nitrogens with zero attached hydrogens (tertiary/aromatic N) is 1. The number of piperidine rings is 1. The van der Waals surface area contributed by atoms with Gasteiger partial charge in [-0.25, -0.2) is 13.6 Å². The molecule has 0 N–H and O–H groups in total. The van der Waals surface area contributed by atoms with Crippen molar-refractivity contribution in [3.05, 3.63) is 6.42 Å². The van der Waals surface area contributed by atoms with Crippen LogP contribution in [0.15, 0.2) is 0 Å². The first-order valence-corrected chi connectivity index (χ1v) is 5.23. The number of hydrogen-bond donors (Lipinski definition) is 0. The second-order valence-corrected chi connectivity index (χ2v) is 4.02. The SMILES string of the molecule is O=C(OCC(F)F)N1C2C[CH]CC1CC2. The maximum absolute atomic E-state index is 11.9. The fraction of sp³-hybridized carbons (Fsp3) is 0.800. The largest absolute Gasteiger partial charge is 0.443 e. The summed E-state index contributed by atoms with van der Waals surface area (Å²) in [6.07, 6.45) is 2.66. The number of carbonyl (C=O) groups is 1. The molecule has 2 fully saturated rings. The topological polar surface area (TPSA) is 29.5 Å². The molecule has 15 heavy (non-hydrogen) atoms. The van der Waals surface area contributed by atoms with Crippen molar-refractivity contribution in [3.63, 3.8) is 0 Å². The molecule has 2 atom stereocenters. The summed E-state index contributed by atoms with van der Waals surface area (Å²) in [6.45, 7) is -0.793. The fourth-order valence-electron chi connectivity index (χ4n) is 2.41. The van der Waals surface area contributed by atoms with Gasteiger partial charge in [0.1, 0.15) is 0 Å². The highest BCUT2D eigenvalue weighted by Crippen LogP contribution is 2.35. The second kappa shape index (κ2) is 4.33. The standard InChI is InChI=1S/C10H14F2NO2/c11-9(12)6-15-10(14)13-7-2-1-3-8(13)5-4-7/h1,7-9H,2-6H2. The number of fused-ring (bicyclic) bond motifs is 2. The Kier molecular flexibility index (Phi) is 3.07. The molecule has 1 amide bonds. The monoisotopic (exact) mass is 218 g/mol. The summed E-state index contributed by atoms with van der Waals surface area (Å²) in [6, 6.07) is 0.350. The quantitative estimate of drug-likeness (QED) is 0.711. The summed E-state index contributed by atoms with van der Waals surface area (Å²) in [4.78, 5) is 13.2. The number of halogens is 2. The van der Waals surface area contributed by atoms with E-state index in [1.807, 2.05) is 0 Å². The lowest BCUT2D eigenvalue weighted by Crippen LogP contribution is -2.44. The number of carbonyl (C=O) groups excluding carboxylic acids is 1. The van der Waals surface area contributed by atoms with Gasteiger partial charge in [0.15, 0.2) is 6.61 Å². The molecule has 2 rings (SSSR count). The Morgan fingerprint density at radius 1 is 1.40 bits per heavy atom. The van der Waals surface area contributed by atoms with Gasteiger partial charge in [0, 0.05) is 12.1 Å². The van der Waals surface area contributed by atoms with E-state index >= 15 is 0 Å². The van der Waals surface area contributed by atoms with Crippen molar-refractivity contribution in [1.29, 1.82) is 0 Å². The average Bonchev–Trinajstić information content (AvgIpc) is 2.45. The minimum Gasteiger partial charge on any atom is -0.443 e. The molecule has 1 radical (unpaired) electrons. The van der Waals surface area contributed by atoms with E-state index < -0.39 is 19.1 Å². The summed E-state index contributed by atoms with van der Waals surface area (Å²) >= 11 is 0. The first-order chi connectivity index (χ1) is 7.18. The number of ether oxygens (including phenoxy) is 1. The minimum absolute atomic E-state index is 0.175. The zero-order valence-corrected chi connectivity index (χ0v) is 8.36. The highest BCUT2D eigenvalue weighted by atomic mass is 19.3. The van der Waals surface area contributed by atoms with Crippen LogP contribution in [0.2, 0.25) is 0 Å². The average molecular weight is 218 g/mol. The fourth-order valence-corrected chi connectivity index (χ4v) is 2.41. The van der Waals surface area contributed by atoms with Gasteiger partial charge >= 0.3 is 6.09 Å². The molecular weight excluding hydrogens is 204 g/mol. The summed E-state index contributed by atoms with van der Waals surface area (Å²) < 4.78 is 28.3. The van der Waals surface area contributed by atoms with Crippen LogP contribution in [0.5, 0.6) is 0 Å². The molecule has 0 aromatic carbocycles. The molecular formula is C10H14F2NO2. The van der Waals surface area contributed by atoms with E-state index in [0.717, 1.165) is 25.7 Å². The Morgan fingerprint density at radius 3 is 2.53 bits per heavy atom. The van der Waals surface area contributed by atoms with Crippen LogP contribution in [-0.2, 0) is 4.74 Å². The van der Waals surface area contributed by atoms with Gasteiger partial charge in [0.05, 0.1) is 0 Å². The lowest BCUT2D eigenvalue weighted by molar-refractivity contribution is 0.0214. The van der Waals surface area contributed by atoms with Crippen molar-refractivity contribution in [2.75, 3.05) is 6.61 Å². The normalized spacial score (nSPS) is 29.7. The molecule has 2 unspecified atom stereocenters. The van der Waals surface area contributed by atoms with E-state index in [-0.39, 0.29) is 12.1 Å². The van der Waals surface area contributed by atoms with Crippen LogP contribution < -0.4 is 0 Å². The lowest BCUT2D eigenvalue weighted by Gasteiger charge is -2.33. The zero-order chi connectivity index (χ0) is 10.8. The summed E-state index contributed by atoms with van der Waals surface area (Å²) in [7, 11) is 0. The van der Waals surface area contributed by atoms with E-state index in [0.29, 0.717) is 0 Å². The van der Waals surface area contributed by atoms with E-state index in [9.17, 15) is 13.6 Å². The predicted octanol–water partition coefficient (Wildman–Crippen LogP) is 2.22. The van der Waals surface area contributed by atoms with Crippen molar-refractivity contribution < 1.29 is 18.3 Å². The minimum atomic E-state index is -2.58. The predicted molar refractivity (Wildman–Crippen MR) is 49.5 cm³/mol. The van der Waals surface area contributed by atoms with E-state index in [1.54, 1.807) is 4.90 Å². The molecule has 0 spiro atoms. The molecule has 2 aliphatic heterocycles. The Labute approximate surface area is 87.4 Å². The molecule has 2 heterocycles. The number of alkyl halides is 2. The van der Waals surface area contributed by atoms with Gasteiger partial charge in [-0.05, 0) is 32.1 Å². The highest BCUT2D eigenvalue weighted by Gasteiger charge is 2.40. The van der Waals surface area contributed by atoms with Crippen LogP contribution in [0.1, 0.15) is 25.7 Å². The van der Waals surface area contributed by atoms with Crippen LogP contribution in [0.4, 0.5) is 13.6 Å². The van der Waals surface area contributed by atoms with Crippen LogP contribution >= 0.6 is 0 Å². The van der Waals surface area contributed by atoms with Crippen LogP contribution in [0.3, 0.4) is 0 Å². The number of rotatable bonds is 2. The molecule has 2 aliphatic rings. The Morgan fingerprint density at radius 2 is 2.00 bits per heavy atom. The van der Waals surface area contributed by atoms with Crippen molar-refractivity contribution >= 4 is 6.09 Å². The Bertz CT molecular complexity index is 232.